The number of carboxylic acids is 1. The first-order chi connectivity index (χ1) is 15.7. The van der Waals surface area contributed by atoms with Crippen LogP contribution in [0.4, 0.5) is 4.79 Å². The smallest absolute Gasteiger partial charge is 0.408 e. The van der Waals surface area contributed by atoms with Gasteiger partial charge in [-0.25, -0.2) is 13.2 Å². The van der Waals surface area contributed by atoms with Gasteiger partial charge in [0.25, 0.3) is 0 Å². The second-order valence-electron chi connectivity index (χ2n) is 10.7. The lowest BCUT2D eigenvalue weighted by molar-refractivity contribution is -0.142. The Bertz CT molecular complexity index is 793. The highest BCUT2D eigenvalue weighted by Crippen LogP contribution is 2.31. The molecule has 2 rings (SSSR count). The molecule has 198 valence electrons. The first kappa shape index (κ1) is 28.8. The summed E-state index contributed by atoms with van der Waals surface area (Å²) in [6, 6.07) is -0.977. The largest absolute Gasteiger partial charge is 0.481 e. The number of ether oxygens (including phenoxy) is 1. The summed E-state index contributed by atoms with van der Waals surface area (Å²) in [6.07, 6.45) is 5.28. The third kappa shape index (κ3) is 8.35. The lowest BCUT2D eigenvalue weighted by Gasteiger charge is -2.38. The Morgan fingerprint density at radius 1 is 1.18 bits per heavy atom. The van der Waals surface area contributed by atoms with Crippen molar-refractivity contribution in [2.24, 2.45) is 11.8 Å². The summed E-state index contributed by atoms with van der Waals surface area (Å²) in [6.45, 7) is 7.69. The van der Waals surface area contributed by atoms with Crippen molar-refractivity contribution < 1.29 is 33.0 Å². The lowest BCUT2D eigenvalue weighted by atomic mass is 9.83. The van der Waals surface area contributed by atoms with Crippen LogP contribution in [-0.2, 0) is 19.6 Å². The molecule has 1 amide bonds. The molecule has 2 aliphatic rings. The van der Waals surface area contributed by atoms with Crippen LogP contribution < -0.4 is 5.32 Å². The van der Waals surface area contributed by atoms with Gasteiger partial charge in [0, 0.05) is 25.7 Å². The number of aliphatic carboxylic acids is 1. The normalized spacial score (nSPS) is 23.4. The molecule has 10 nitrogen and oxygen atoms in total. The highest BCUT2D eigenvalue weighted by molar-refractivity contribution is 7.88. The molecule has 4 unspecified atom stereocenters. The van der Waals surface area contributed by atoms with Crippen molar-refractivity contribution in [3.8, 4) is 0 Å². The van der Waals surface area contributed by atoms with Gasteiger partial charge < -0.3 is 20.3 Å². The fraction of sp³-hybridized carbons (Fsp3) is 0.913. The predicted octanol–water partition coefficient (Wildman–Crippen LogP) is 2.23. The summed E-state index contributed by atoms with van der Waals surface area (Å²) < 4.78 is 31.7. The van der Waals surface area contributed by atoms with Gasteiger partial charge in [-0.2, -0.15) is 4.31 Å². The van der Waals surface area contributed by atoms with Crippen LogP contribution in [0.25, 0.3) is 0 Å². The van der Waals surface area contributed by atoms with Crippen LogP contribution in [0.15, 0.2) is 0 Å². The molecule has 0 spiro atoms. The number of alkyl carbamates (subject to hydrolysis) is 1. The van der Waals surface area contributed by atoms with E-state index in [1.807, 2.05) is 0 Å². The van der Waals surface area contributed by atoms with Crippen molar-refractivity contribution in [1.82, 2.24) is 14.5 Å². The molecule has 2 fully saturated rings. The number of nitrogens with one attached hydrogen (secondary N) is 1. The zero-order chi connectivity index (χ0) is 25.7. The minimum atomic E-state index is -3.64. The van der Waals surface area contributed by atoms with Crippen LogP contribution in [0.3, 0.4) is 0 Å². The summed E-state index contributed by atoms with van der Waals surface area (Å²) >= 11 is 0. The third-order valence-electron chi connectivity index (χ3n) is 6.81. The van der Waals surface area contributed by atoms with Crippen LogP contribution in [-0.4, -0.2) is 89.7 Å². The van der Waals surface area contributed by atoms with Gasteiger partial charge in [0.15, 0.2) is 0 Å². The second-order valence-corrected chi connectivity index (χ2v) is 12.6. The number of aliphatic hydroxyl groups excluding tert-OH is 1. The minimum absolute atomic E-state index is 0.0952. The van der Waals surface area contributed by atoms with Crippen molar-refractivity contribution >= 4 is 22.1 Å². The number of likely N-dealkylation sites (tertiary alicyclic amines) is 1. The van der Waals surface area contributed by atoms with Crippen LogP contribution in [0, 0.1) is 11.8 Å². The molecule has 0 bridgehead atoms. The summed E-state index contributed by atoms with van der Waals surface area (Å²) in [7, 11) is -3.64. The number of rotatable bonds is 10. The van der Waals surface area contributed by atoms with E-state index in [0.717, 1.165) is 38.4 Å². The number of aliphatic hydroxyl groups is 1. The molecule has 0 radical (unpaired) electrons. The quantitative estimate of drug-likeness (QED) is 0.411. The lowest BCUT2D eigenvalue weighted by Crippen LogP contribution is -2.56. The van der Waals surface area contributed by atoms with E-state index >= 15 is 0 Å². The average Bonchev–Trinajstić information content (AvgIpc) is 3.20. The molecular formula is C23H43N3O7S. The van der Waals surface area contributed by atoms with Gasteiger partial charge in [-0.05, 0) is 52.4 Å². The Labute approximate surface area is 204 Å². The van der Waals surface area contributed by atoms with Gasteiger partial charge in [0.05, 0.1) is 18.2 Å². The fourth-order valence-corrected chi connectivity index (χ4v) is 6.16. The van der Waals surface area contributed by atoms with Crippen molar-refractivity contribution in [3.05, 3.63) is 0 Å². The zero-order valence-corrected chi connectivity index (χ0v) is 22.0. The van der Waals surface area contributed by atoms with Gasteiger partial charge in [-0.15, -0.1) is 0 Å². The standard InChI is InChI=1S/C23H43N3O7S/c1-6-16(21(28)29)14-26(34(5,31)32)18-12-13-25(15-18)20(27)19(17-10-8-7-9-11-17)24-22(30)33-23(2,3)4/h16-20,27H,6-15H2,1-5H3,(H,24,30)(H,28,29). The summed E-state index contributed by atoms with van der Waals surface area (Å²) in [5.41, 5.74) is -0.666. The van der Waals surface area contributed by atoms with Gasteiger partial charge in [0.1, 0.15) is 11.8 Å². The number of carbonyl (C=O) groups is 2. The van der Waals surface area contributed by atoms with E-state index in [1.165, 1.54) is 4.31 Å². The Morgan fingerprint density at radius 3 is 2.29 bits per heavy atom. The molecule has 0 aromatic heterocycles. The van der Waals surface area contributed by atoms with Crippen molar-refractivity contribution in [2.75, 3.05) is 25.9 Å². The molecule has 1 saturated heterocycles. The van der Waals surface area contributed by atoms with Crippen LogP contribution in [0.5, 0.6) is 0 Å². The molecule has 1 heterocycles. The maximum absolute atomic E-state index is 12.5. The maximum Gasteiger partial charge on any atom is 0.408 e. The topological polar surface area (TPSA) is 136 Å². The molecule has 1 aliphatic heterocycles. The number of hydrogen-bond acceptors (Lipinski definition) is 7. The van der Waals surface area contributed by atoms with Crippen LogP contribution >= 0.6 is 0 Å². The fourth-order valence-electron chi connectivity index (χ4n) is 5.00. The van der Waals surface area contributed by atoms with Gasteiger partial charge in [0.2, 0.25) is 10.0 Å². The Morgan fingerprint density at radius 2 is 1.79 bits per heavy atom. The van der Waals surface area contributed by atoms with E-state index in [2.05, 4.69) is 5.32 Å². The summed E-state index contributed by atoms with van der Waals surface area (Å²) in [5, 5.41) is 23.6. The van der Waals surface area contributed by atoms with E-state index in [-0.39, 0.29) is 19.0 Å². The predicted molar refractivity (Wildman–Crippen MR) is 129 cm³/mol. The molecule has 1 saturated carbocycles. The molecule has 0 aromatic rings. The highest BCUT2D eigenvalue weighted by atomic mass is 32.2. The Hall–Kier alpha value is -1.43. The maximum atomic E-state index is 12.5. The minimum Gasteiger partial charge on any atom is -0.481 e. The molecule has 0 aromatic carbocycles. The highest BCUT2D eigenvalue weighted by Gasteiger charge is 2.41. The van der Waals surface area contributed by atoms with Gasteiger partial charge in [-0.3, -0.25) is 9.69 Å². The van der Waals surface area contributed by atoms with E-state index < -0.39 is 51.9 Å². The molecule has 11 heteroatoms. The monoisotopic (exact) mass is 505 g/mol. The number of amides is 1. The van der Waals surface area contributed by atoms with E-state index in [0.29, 0.717) is 19.4 Å². The Kier molecular flexibility index (Phi) is 10.2. The summed E-state index contributed by atoms with van der Waals surface area (Å²) in [4.78, 5) is 25.9. The zero-order valence-electron chi connectivity index (χ0n) is 21.2. The average molecular weight is 506 g/mol. The van der Waals surface area contributed by atoms with E-state index in [4.69, 9.17) is 4.74 Å². The number of sulfonamides is 1. The number of nitrogens with zero attached hydrogens (tertiary/aromatic N) is 2. The van der Waals surface area contributed by atoms with Crippen molar-refractivity contribution in [3.63, 3.8) is 0 Å². The van der Waals surface area contributed by atoms with Crippen LogP contribution in [0.2, 0.25) is 0 Å². The van der Waals surface area contributed by atoms with E-state index in [1.54, 1.807) is 32.6 Å². The Balaban J connectivity index is 2.16. The van der Waals surface area contributed by atoms with Crippen LogP contribution in [0.1, 0.15) is 72.6 Å². The van der Waals surface area contributed by atoms with Gasteiger partial charge >= 0.3 is 12.1 Å². The number of carbonyl (C=O) groups excluding carboxylic acids is 1. The molecular weight excluding hydrogens is 462 g/mol. The summed E-state index contributed by atoms with van der Waals surface area (Å²) in [5.74, 6) is -1.72. The molecule has 1 aliphatic carbocycles. The van der Waals surface area contributed by atoms with E-state index in [9.17, 15) is 28.2 Å². The van der Waals surface area contributed by atoms with Crippen molar-refractivity contribution in [2.45, 2.75) is 96.6 Å². The van der Waals surface area contributed by atoms with Gasteiger partial charge in [-0.1, -0.05) is 26.2 Å². The third-order valence-corrected chi connectivity index (χ3v) is 8.11. The SMILES string of the molecule is CCC(CN(C1CCN(C(O)C(NC(=O)OC(C)(C)C)C2CCCCC2)C1)S(C)(=O)=O)C(=O)O. The first-order valence-corrected chi connectivity index (χ1v) is 14.2. The van der Waals surface area contributed by atoms with Crippen molar-refractivity contribution in [1.29, 1.82) is 0 Å². The number of carboxylic acid groups (broad SMARTS) is 1. The first-order valence-electron chi connectivity index (χ1n) is 12.3. The molecule has 3 N–H and O–H groups in total. The molecule has 34 heavy (non-hydrogen) atoms. The molecule has 4 atom stereocenters. The number of hydrogen-bond donors (Lipinski definition) is 3. The second kappa shape index (κ2) is 12.0.